The molecular formula is C15H21NO3. The lowest BCUT2D eigenvalue weighted by atomic mass is 10.0. The second-order valence-corrected chi connectivity index (χ2v) is 5.52. The smallest absolute Gasteiger partial charge is 0.408 e. The molecule has 4 nitrogen and oxygen atoms in total. The molecule has 1 rings (SSSR count). The van der Waals surface area contributed by atoms with Crippen molar-refractivity contribution in [3.05, 3.63) is 35.4 Å². The van der Waals surface area contributed by atoms with Crippen molar-refractivity contribution in [2.24, 2.45) is 0 Å². The van der Waals surface area contributed by atoms with Gasteiger partial charge in [0.25, 0.3) is 0 Å². The Hall–Kier alpha value is -1.84. The quantitative estimate of drug-likeness (QED) is 0.849. The molecule has 0 saturated carbocycles. The first-order chi connectivity index (χ1) is 8.81. The molecule has 0 saturated heterocycles. The maximum Gasteiger partial charge on any atom is 0.408 e. The molecule has 0 aliphatic rings. The lowest BCUT2D eigenvalue weighted by Crippen LogP contribution is -2.35. The van der Waals surface area contributed by atoms with Crippen LogP contribution in [0.15, 0.2) is 24.3 Å². The molecule has 104 valence electrons. The molecule has 0 radical (unpaired) electrons. The highest BCUT2D eigenvalue weighted by Crippen LogP contribution is 2.18. The molecule has 0 aliphatic carbocycles. The van der Waals surface area contributed by atoms with Crippen LogP contribution in [0.5, 0.6) is 0 Å². The van der Waals surface area contributed by atoms with Gasteiger partial charge in [-0.3, -0.25) is 0 Å². The number of benzene rings is 1. The number of hydrogen-bond donors (Lipinski definition) is 1. The molecule has 0 fully saturated rings. The van der Waals surface area contributed by atoms with Gasteiger partial charge >= 0.3 is 6.09 Å². The van der Waals surface area contributed by atoms with Crippen LogP contribution in [0.3, 0.4) is 0 Å². The van der Waals surface area contributed by atoms with Crippen LogP contribution in [0, 0.1) is 6.92 Å². The third-order valence-electron chi connectivity index (χ3n) is 2.47. The van der Waals surface area contributed by atoms with Gasteiger partial charge in [-0.2, -0.15) is 0 Å². The Kier molecular flexibility index (Phi) is 5.10. The highest BCUT2D eigenvalue weighted by molar-refractivity contribution is 5.69. The fourth-order valence-electron chi connectivity index (χ4n) is 1.71. The number of rotatable bonds is 4. The average Bonchev–Trinajstić information content (AvgIpc) is 2.26. The number of aryl methyl sites for hydroxylation is 1. The molecule has 1 aromatic rings. The van der Waals surface area contributed by atoms with E-state index in [2.05, 4.69) is 5.32 Å². The Morgan fingerprint density at radius 3 is 2.63 bits per heavy atom. The number of ether oxygens (including phenoxy) is 1. The topological polar surface area (TPSA) is 55.4 Å². The molecule has 4 heteroatoms. The molecule has 1 N–H and O–H groups in total. The summed E-state index contributed by atoms with van der Waals surface area (Å²) in [5.41, 5.74) is 1.43. The van der Waals surface area contributed by atoms with Crippen LogP contribution in [-0.2, 0) is 9.53 Å². The van der Waals surface area contributed by atoms with Crippen molar-refractivity contribution >= 4 is 12.4 Å². The van der Waals surface area contributed by atoms with Gasteiger partial charge in [-0.1, -0.05) is 29.8 Å². The first-order valence-electron chi connectivity index (χ1n) is 6.31. The highest BCUT2D eigenvalue weighted by atomic mass is 16.6. The fourth-order valence-corrected chi connectivity index (χ4v) is 1.71. The lowest BCUT2D eigenvalue weighted by molar-refractivity contribution is -0.108. The van der Waals surface area contributed by atoms with Gasteiger partial charge in [-0.25, -0.2) is 4.79 Å². The number of nitrogens with one attached hydrogen (secondary N) is 1. The normalized spacial score (nSPS) is 12.6. The second kappa shape index (κ2) is 6.36. The zero-order chi connectivity index (χ0) is 14.5. The Morgan fingerprint density at radius 2 is 2.11 bits per heavy atom. The van der Waals surface area contributed by atoms with E-state index in [9.17, 15) is 9.59 Å². The third kappa shape index (κ3) is 5.55. The largest absolute Gasteiger partial charge is 0.444 e. The minimum atomic E-state index is -0.553. The standard InChI is InChI=1S/C15H21NO3/c1-11-6-5-7-12(10-11)13(8-9-17)16-14(18)19-15(2,3)4/h5-7,9-10,13H,8H2,1-4H3,(H,16,18)/t13-/m0/s1. The molecule has 0 bridgehead atoms. The Morgan fingerprint density at radius 1 is 1.42 bits per heavy atom. The maximum atomic E-state index is 11.8. The van der Waals surface area contributed by atoms with Crippen molar-refractivity contribution in [3.63, 3.8) is 0 Å². The van der Waals surface area contributed by atoms with E-state index in [4.69, 9.17) is 4.74 Å². The first kappa shape index (κ1) is 15.2. The van der Waals surface area contributed by atoms with Gasteiger partial charge in [0.15, 0.2) is 0 Å². The lowest BCUT2D eigenvalue weighted by Gasteiger charge is -2.23. The number of hydrogen-bond acceptors (Lipinski definition) is 3. The van der Waals surface area contributed by atoms with E-state index >= 15 is 0 Å². The summed E-state index contributed by atoms with van der Waals surface area (Å²) in [7, 11) is 0. The summed E-state index contributed by atoms with van der Waals surface area (Å²) < 4.78 is 5.20. The number of carbonyl (C=O) groups is 2. The molecule has 1 amide bonds. The van der Waals surface area contributed by atoms with Gasteiger partial charge in [0.05, 0.1) is 6.04 Å². The number of aldehydes is 1. The van der Waals surface area contributed by atoms with Crippen LogP contribution in [0.1, 0.15) is 44.4 Å². The minimum absolute atomic E-state index is 0.225. The summed E-state index contributed by atoms with van der Waals surface area (Å²) in [5, 5.41) is 2.73. The van der Waals surface area contributed by atoms with E-state index < -0.39 is 11.7 Å². The molecule has 0 aromatic heterocycles. The maximum absolute atomic E-state index is 11.8. The Balaban J connectivity index is 2.78. The first-order valence-corrected chi connectivity index (χ1v) is 6.31. The van der Waals surface area contributed by atoms with Crippen molar-refractivity contribution in [2.75, 3.05) is 0 Å². The van der Waals surface area contributed by atoms with Crippen molar-refractivity contribution < 1.29 is 14.3 Å². The SMILES string of the molecule is Cc1cccc([C@H](CC=O)NC(=O)OC(C)(C)C)c1. The number of amides is 1. The van der Waals surface area contributed by atoms with Gasteiger partial charge in [0.1, 0.15) is 11.9 Å². The van der Waals surface area contributed by atoms with Crippen LogP contribution in [0.2, 0.25) is 0 Å². The van der Waals surface area contributed by atoms with E-state index in [0.29, 0.717) is 0 Å². The molecule has 1 atom stereocenters. The van der Waals surface area contributed by atoms with Crippen molar-refractivity contribution in [3.8, 4) is 0 Å². The van der Waals surface area contributed by atoms with Crippen LogP contribution in [-0.4, -0.2) is 18.0 Å². The number of alkyl carbamates (subject to hydrolysis) is 1. The summed E-state index contributed by atoms with van der Waals surface area (Å²) in [5.74, 6) is 0. The molecule has 0 spiro atoms. The van der Waals surface area contributed by atoms with Crippen LogP contribution >= 0.6 is 0 Å². The zero-order valence-corrected chi connectivity index (χ0v) is 11.9. The monoisotopic (exact) mass is 263 g/mol. The fraction of sp³-hybridized carbons (Fsp3) is 0.467. The summed E-state index contributed by atoms with van der Waals surface area (Å²) >= 11 is 0. The predicted octanol–water partition coefficient (Wildman–Crippen LogP) is 3.15. The summed E-state index contributed by atoms with van der Waals surface area (Å²) in [6.07, 6.45) is 0.508. The van der Waals surface area contributed by atoms with Crippen molar-refractivity contribution in [2.45, 2.75) is 45.8 Å². The Bertz CT molecular complexity index is 449. The number of carbonyl (C=O) groups excluding carboxylic acids is 2. The van der Waals surface area contributed by atoms with E-state index in [-0.39, 0.29) is 12.5 Å². The Labute approximate surface area is 114 Å². The molecule has 0 aliphatic heterocycles. The molecule has 0 heterocycles. The van der Waals surface area contributed by atoms with Crippen LogP contribution < -0.4 is 5.32 Å². The molecule has 0 unspecified atom stereocenters. The third-order valence-corrected chi connectivity index (χ3v) is 2.47. The molecular weight excluding hydrogens is 242 g/mol. The van der Waals surface area contributed by atoms with Crippen LogP contribution in [0.4, 0.5) is 4.79 Å². The molecule has 19 heavy (non-hydrogen) atoms. The second-order valence-electron chi connectivity index (χ2n) is 5.52. The minimum Gasteiger partial charge on any atom is -0.444 e. The van der Waals surface area contributed by atoms with Crippen molar-refractivity contribution in [1.29, 1.82) is 0 Å². The summed E-state index contributed by atoms with van der Waals surface area (Å²) in [6.45, 7) is 7.37. The summed E-state index contributed by atoms with van der Waals surface area (Å²) in [4.78, 5) is 22.5. The van der Waals surface area contributed by atoms with Gasteiger partial charge in [0.2, 0.25) is 0 Å². The predicted molar refractivity (Wildman–Crippen MR) is 74.0 cm³/mol. The van der Waals surface area contributed by atoms with E-state index in [1.54, 1.807) is 20.8 Å². The highest BCUT2D eigenvalue weighted by Gasteiger charge is 2.20. The van der Waals surface area contributed by atoms with E-state index in [1.165, 1.54) is 0 Å². The average molecular weight is 263 g/mol. The van der Waals surface area contributed by atoms with Crippen molar-refractivity contribution in [1.82, 2.24) is 5.32 Å². The van der Waals surface area contributed by atoms with Gasteiger partial charge < -0.3 is 14.8 Å². The van der Waals surface area contributed by atoms with E-state index in [1.807, 2.05) is 31.2 Å². The van der Waals surface area contributed by atoms with Crippen LogP contribution in [0.25, 0.3) is 0 Å². The zero-order valence-electron chi connectivity index (χ0n) is 11.9. The summed E-state index contributed by atoms with van der Waals surface area (Å²) in [6, 6.07) is 7.35. The van der Waals surface area contributed by atoms with E-state index in [0.717, 1.165) is 17.4 Å². The van der Waals surface area contributed by atoms with Gasteiger partial charge in [0, 0.05) is 6.42 Å². The van der Waals surface area contributed by atoms with Gasteiger partial charge in [-0.05, 0) is 33.3 Å². The van der Waals surface area contributed by atoms with Gasteiger partial charge in [-0.15, -0.1) is 0 Å². The molecule has 1 aromatic carbocycles.